The van der Waals surface area contributed by atoms with Gasteiger partial charge >= 0.3 is 0 Å². The second-order valence-corrected chi connectivity index (χ2v) is 6.15. The molecule has 0 fully saturated rings. The molecule has 0 aliphatic heterocycles. The molecule has 24 heavy (non-hydrogen) atoms. The normalized spacial score (nSPS) is 10.2. The number of carbonyl (C=O) groups excluding carboxylic acids is 1. The number of hydrogen-bond acceptors (Lipinski definition) is 3. The van der Waals surface area contributed by atoms with Gasteiger partial charge in [-0.2, -0.15) is 5.26 Å². The second-order valence-electron chi connectivity index (χ2n) is 5.02. The first kappa shape index (κ1) is 18.4. The highest BCUT2D eigenvalue weighted by atomic mass is 35.5. The van der Waals surface area contributed by atoms with Crippen molar-refractivity contribution in [2.24, 2.45) is 0 Å². The molecule has 0 bridgehead atoms. The van der Waals surface area contributed by atoms with Gasteiger partial charge in [-0.25, -0.2) is 0 Å². The monoisotopic (exact) mass is 382 g/mol. The molecule has 4 nitrogen and oxygen atoms in total. The van der Waals surface area contributed by atoms with Crippen LogP contribution in [0.3, 0.4) is 0 Å². The molecule has 7 heteroatoms. The summed E-state index contributed by atoms with van der Waals surface area (Å²) in [5.41, 5.74) is 2.03. The van der Waals surface area contributed by atoms with Crippen molar-refractivity contribution >= 4 is 46.4 Å². The number of nitrogens with zero attached hydrogens (tertiary/aromatic N) is 1. The molecule has 2 rings (SSSR count). The Morgan fingerprint density at radius 2 is 1.71 bits per heavy atom. The van der Waals surface area contributed by atoms with E-state index < -0.39 is 5.91 Å². The zero-order valence-electron chi connectivity index (χ0n) is 12.9. The number of amides is 1. The van der Waals surface area contributed by atoms with E-state index in [2.05, 4.69) is 5.32 Å². The molecule has 0 unspecified atom stereocenters. The van der Waals surface area contributed by atoms with Gasteiger partial charge in [0, 0.05) is 5.02 Å². The van der Waals surface area contributed by atoms with Crippen molar-refractivity contribution < 1.29 is 9.53 Å². The van der Waals surface area contributed by atoms with E-state index in [0.717, 1.165) is 0 Å². The van der Waals surface area contributed by atoms with Crippen LogP contribution in [0.15, 0.2) is 24.3 Å². The summed E-state index contributed by atoms with van der Waals surface area (Å²) >= 11 is 18.5. The maximum atomic E-state index is 12.1. The van der Waals surface area contributed by atoms with E-state index in [1.165, 1.54) is 0 Å². The third-order valence-electron chi connectivity index (χ3n) is 3.38. The summed E-state index contributed by atoms with van der Waals surface area (Å²) in [7, 11) is 0. The van der Waals surface area contributed by atoms with Crippen molar-refractivity contribution in [3.8, 4) is 11.8 Å². The van der Waals surface area contributed by atoms with E-state index in [1.807, 2.05) is 6.07 Å². The Labute approximate surface area is 154 Å². The first-order valence-electron chi connectivity index (χ1n) is 6.92. The molecule has 0 radical (unpaired) electrons. The Bertz CT molecular complexity index is 815. The van der Waals surface area contributed by atoms with Gasteiger partial charge in [-0.15, -0.1) is 0 Å². The molecule has 124 valence electrons. The van der Waals surface area contributed by atoms with Crippen molar-refractivity contribution in [2.45, 2.75) is 13.8 Å². The predicted octanol–water partition coefficient (Wildman–Crippen LogP) is 5.15. The second kappa shape index (κ2) is 7.76. The lowest BCUT2D eigenvalue weighted by atomic mass is 10.1. The van der Waals surface area contributed by atoms with Crippen molar-refractivity contribution in [1.82, 2.24) is 0 Å². The Morgan fingerprint density at radius 1 is 1.12 bits per heavy atom. The maximum absolute atomic E-state index is 12.1. The number of hydrogen-bond donors (Lipinski definition) is 1. The molecule has 0 saturated heterocycles. The molecule has 2 aromatic carbocycles. The minimum absolute atomic E-state index is 0.210. The highest BCUT2D eigenvalue weighted by molar-refractivity contribution is 6.42. The fourth-order valence-corrected chi connectivity index (χ4v) is 2.87. The lowest BCUT2D eigenvalue weighted by molar-refractivity contribution is -0.118. The van der Waals surface area contributed by atoms with Crippen molar-refractivity contribution in [2.75, 3.05) is 11.9 Å². The zero-order chi connectivity index (χ0) is 17.9. The summed E-state index contributed by atoms with van der Waals surface area (Å²) in [5.74, 6) is -0.225. The van der Waals surface area contributed by atoms with Crippen LogP contribution >= 0.6 is 34.8 Å². The SMILES string of the molecule is Cc1c(Cl)c(C)c(Cl)c(OCC(=O)Nc2ccccc2C#N)c1Cl. The average Bonchev–Trinajstić information content (AvgIpc) is 2.58. The molecule has 0 aromatic heterocycles. The number of benzene rings is 2. The molecule has 1 amide bonds. The summed E-state index contributed by atoms with van der Waals surface area (Å²) in [6, 6.07) is 8.67. The molecule has 0 aliphatic rings. The quantitative estimate of drug-likeness (QED) is 0.794. The number of para-hydroxylation sites is 1. The van der Waals surface area contributed by atoms with E-state index in [0.29, 0.717) is 27.4 Å². The fourth-order valence-electron chi connectivity index (χ4n) is 2.05. The molecule has 0 saturated carbocycles. The van der Waals surface area contributed by atoms with Gasteiger partial charge in [-0.05, 0) is 37.1 Å². The first-order chi connectivity index (χ1) is 11.4. The van der Waals surface area contributed by atoms with Gasteiger partial charge in [0.15, 0.2) is 12.4 Å². The van der Waals surface area contributed by atoms with Gasteiger partial charge in [-0.1, -0.05) is 46.9 Å². The molecule has 0 atom stereocenters. The maximum Gasteiger partial charge on any atom is 0.262 e. The van der Waals surface area contributed by atoms with Crippen LogP contribution in [0.1, 0.15) is 16.7 Å². The van der Waals surface area contributed by atoms with Crippen LogP contribution in [0.4, 0.5) is 5.69 Å². The number of nitriles is 1. The Morgan fingerprint density at radius 3 is 2.29 bits per heavy atom. The van der Waals surface area contributed by atoms with E-state index >= 15 is 0 Å². The van der Waals surface area contributed by atoms with Crippen molar-refractivity contribution in [3.63, 3.8) is 0 Å². The van der Waals surface area contributed by atoms with Crippen LogP contribution in [-0.2, 0) is 4.79 Å². The van der Waals surface area contributed by atoms with Gasteiger partial charge in [0.1, 0.15) is 6.07 Å². The van der Waals surface area contributed by atoms with Crippen LogP contribution in [0.5, 0.6) is 5.75 Å². The highest BCUT2D eigenvalue weighted by Gasteiger charge is 2.18. The van der Waals surface area contributed by atoms with Gasteiger partial charge in [0.05, 0.1) is 21.3 Å². The Hall–Kier alpha value is -1.93. The molecule has 2 aromatic rings. The van der Waals surface area contributed by atoms with Gasteiger partial charge < -0.3 is 10.1 Å². The minimum atomic E-state index is -0.435. The number of halogens is 3. The number of nitrogens with one attached hydrogen (secondary N) is 1. The van der Waals surface area contributed by atoms with Crippen LogP contribution in [0, 0.1) is 25.2 Å². The summed E-state index contributed by atoms with van der Waals surface area (Å²) in [6.07, 6.45) is 0. The van der Waals surface area contributed by atoms with E-state index in [4.69, 9.17) is 44.8 Å². The summed E-state index contributed by atoms with van der Waals surface area (Å²) < 4.78 is 5.47. The third kappa shape index (κ3) is 3.76. The average molecular weight is 384 g/mol. The molecule has 0 spiro atoms. The van der Waals surface area contributed by atoms with Gasteiger partial charge in [0.25, 0.3) is 5.91 Å². The third-order valence-corrected chi connectivity index (χ3v) is 4.86. The van der Waals surface area contributed by atoms with E-state index in [-0.39, 0.29) is 22.4 Å². The highest BCUT2D eigenvalue weighted by Crippen LogP contribution is 2.42. The molecule has 0 heterocycles. The topological polar surface area (TPSA) is 62.1 Å². The summed E-state index contributed by atoms with van der Waals surface area (Å²) in [4.78, 5) is 12.1. The number of ether oxygens (including phenoxy) is 1. The lowest BCUT2D eigenvalue weighted by Crippen LogP contribution is -2.21. The molecular formula is C17H13Cl3N2O2. The standard InChI is InChI=1S/C17H13Cl3N2O2/c1-9-14(18)10(2)16(20)17(15(9)19)24-8-13(23)22-12-6-4-3-5-11(12)7-21/h3-6H,8H2,1-2H3,(H,22,23). The van der Waals surface area contributed by atoms with Crippen LogP contribution in [0.2, 0.25) is 15.1 Å². The number of anilines is 1. The summed E-state index contributed by atoms with van der Waals surface area (Å²) in [6.45, 7) is 3.17. The van der Waals surface area contributed by atoms with Crippen LogP contribution in [0.25, 0.3) is 0 Å². The molecule has 1 N–H and O–H groups in total. The van der Waals surface area contributed by atoms with Gasteiger partial charge in [-0.3, -0.25) is 4.79 Å². The summed E-state index contributed by atoms with van der Waals surface area (Å²) in [5, 5.41) is 12.6. The number of carbonyl (C=O) groups is 1. The van der Waals surface area contributed by atoms with Crippen molar-refractivity contribution in [3.05, 3.63) is 56.0 Å². The number of rotatable bonds is 4. The fraction of sp³-hybridized carbons (Fsp3) is 0.176. The van der Waals surface area contributed by atoms with Crippen LogP contribution < -0.4 is 10.1 Å². The van der Waals surface area contributed by atoms with Gasteiger partial charge in [0.2, 0.25) is 0 Å². The molecule has 0 aliphatic carbocycles. The predicted molar refractivity (Wildman–Crippen MR) is 96.2 cm³/mol. The minimum Gasteiger partial charge on any atom is -0.481 e. The van der Waals surface area contributed by atoms with E-state index in [1.54, 1.807) is 38.1 Å². The first-order valence-corrected chi connectivity index (χ1v) is 8.05. The zero-order valence-corrected chi connectivity index (χ0v) is 15.2. The Balaban J connectivity index is 2.15. The smallest absolute Gasteiger partial charge is 0.262 e. The Kier molecular flexibility index (Phi) is 5.95. The van der Waals surface area contributed by atoms with E-state index in [9.17, 15) is 4.79 Å². The van der Waals surface area contributed by atoms with Crippen LogP contribution in [-0.4, -0.2) is 12.5 Å². The lowest BCUT2D eigenvalue weighted by Gasteiger charge is -2.15. The molecular weight excluding hydrogens is 371 g/mol. The van der Waals surface area contributed by atoms with Crippen molar-refractivity contribution in [1.29, 1.82) is 5.26 Å². The largest absolute Gasteiger partial charge is 0.481 e.